The van der Waals surface area contributed by atoms with Crippen LogP contribution in [-0.4, -0.2) is 26.1 Å². The Labute approximate surface area is 143 Å². The average Bonchev–Trinajstić information content (AvgIpc) is 3.01. The summed E-state index contributed by atoms with van der Waals surface area (Å²) in [7, 11) is 0. The van der Waals surface area contributed by atoms with E-state index in [4.69, 9.17) is 4.52 Å². The van der Waals surface area contributed by atoms with E-state index in [0.29, 0.717) is 35.4 Å². The number of nitrogens with zero attached hydrogens (tertiary/aromatic N) is 4. The molecule has 8 heteroatoms. The van der Waals surface area contributed by atoms with Gasteiger partial charge in [-0.2, -0.15) is 0 Å². The standard InChI is InChI=1S/C17H19N5O3/c1-12-11-15(20-25-12)18-16(23)9-3-2-6-10-22-17(24)13-7-4-5-8-14(13)19-21-22/h4-5,7-8,11H,2-3,6,9-10H2,1H3,(H,18,20,23). The van der Waals surface area contributed by atoms with Gasteiger partial charge < -0.3 is 9.84 Å². The third-order valence-corrected chi connectivity index (χ3v) is 3.80. The zero-order valence-corrected chi connectivity index (χ0v) is 13.9. The fraction of sp³-hybridized carbons (Fsp3) is 0.353. The molecule has 0 fully saturated rings. The summed E-state index contributed by atoms with van der Waals surface area (Å²) in [6.45, 7) is 2.25. The number of fused-ring (bicyclic) bond motifs is 1. The highest BCUT2D eigenvalue weighted by molar-refractivity contribution is 5.89. The molecule has 1 amide bonds. The molecule has 0 bridgehead atoms. The fourth-order valence-corrected chi connectivity index (χ4v) is 2.52. The third-order valence-electron chi connectivity index (χ3n) is 3.80. The highest BCUT2D eigenvalue weighted by atomic mass is 16.5. The summed E-state index contributed by atoms with van der Waals surface area (Å²) < 4.78 is 6.26. The van der Waals surface area contributed by atoms with Crippen LogP contribution in [0.1, 0.15) is 31.4 Å². The van der Waals surface area contributed by atoms with E-state index in [0.717, 1.165) is 19.3 Å². The van der Waals surface area contributed by atoms with Crippen LogP contribution in [-0.2, 0) is 11.3 Å². The Hall–Kier alpha value is -3.03. The van der Waals surface area contributed by atoms with Gasteiger partial charge in [0.2, 0.25) is 5.91 Å². The molecule has 0 atom stereocenters. The Balaban J connectivity index is 1.43. The van der Waals surface area contributed by atoms with E-state index >= 15 is 0 Å². The summed E-state index contributed by atoms with van der Waals surface area (Å²) in [4.78, 5) is 24.1. The van der Waals surface area contributed by atoms with Gasteiger partial charge in [-0.15, -0.1) is 5.10 Å². The number of hydrogen-bond donors (Lipinski definition) is 1. The van der Waals surface area contributed by atoms with Gasteiger partial charge in [0.15, 0.2) is 5.82 Å². The summed E-state index contributed by atoms with van der Waals surface area (Å²) in [6.07, 6.45) is 2.68. The molecule has 8 nitrogen and oxygen atoms in total. The molecule has 0 radical (unpaired) electrons. The number of nitrogens with one attached hydrogen (secondary N) is 1. The van der Waals surface area contributed by atoms with Gasteiger partial charge in [-0.05, 0) is 31.9 Å². The summed E-state index contributed by atoms with van der Waals surface area (Å²) in [6, 6.07) is 8.82. The smallest absolute Gasteiger partial charge is 0.277 e. The molecular formula is C17H19N5O3. The fourth-order valence-electron chi connectivity index (χ4n) is 2.52. The van der Waals surface area contributed by atoms with Gasteiger partial charge >= 0.3 is 0 Å². The normalized spacial score (nSPS) is 10.9. The van der Waals surface area contributed by atoms with Gasteiger partial charge in [0, 0.05) is 19.0 Å². The minimum Gasteiger partial charge on any atom is -0.360 e. The van der Waals surface area contributed by atoms with Gasteiger partial charge in [0.05, 0.1) is 5.39 Å². The Morgan fingerprint density at radius 2 is 2.08 bits per heavy atom. The van der Waals surface area contributed by atoms with Crippen LogP contribution < -0.4 is 10.9 Å². The van der Waals surface area contributed by atoms with Crippen molar-refractivity contribution in [3.63, 3.8) is 0 Å². The zero-order chi connectivity index (χ0) is 17.6. The number of anilines is 1. The molecule has 0 unspecified atom stereocenters. The Morgan fingerprint density at radius 1 is 1.24 bits per heavy atom. The van der Waals surface area contributed by atoms with Gasteiger partial charge in [-0.25, -0.2) is 4.68 Å². The molecule has 0 saturated heterocycles. The van der Waals surface area contributed by atoms with Crippen molar-refractivity contribution < 1.29 is 9.32 Å². The summed E-state index contributed by atoms with van der Waals surface area (Å²) in [5.41, 5.74) is 0.466. The lowest BCUT2D eigenvalue weighted by Crippen LogP contribution is -2.24. The number of unbranched alkanes of at least 4 members (excludes halogenated alkanes) is 2. The average molecular weight is 341 g/mol. The van der Waals surface area contributed by atoms with E-state index in [1.165, 1.54) is 4.68 Å². The zero-order valence-electron chi connectivity index (χ0n) is 13.9. The van der Waals surface area contributed by atoms with Crippen molar-refractivity contribution in [2.24, 2.45) is 0 Å². The highest BCUT2D eigenvalue weighted by Crippen LogP contribution is 2.09. The molecule has 25 heavy (non-hydrogen) atoms. The Kier molecular flexibility index (Phi) is 5.17. The number of hydrogen-bond acceptors (Lipinski definition) is 6. The minimum absolute atomic E-state index is 0.101. The van der Waals surface area contributed by atoms with E-state index in [1.807, 2.05) is 12.1 Å². The van der Waals surface area contributed by atoms with Crippen LogP contribution in [0.2, 0.25) is 0 Å². The first-order chi connectivity index (χ1) is 12.1. The van der Waals surface area contributed by atoms with Crippen molar-refractivity contribution >= 4 is 22.6 Å². The van der Waals surface area contributed by atoms with Crippen LogP contribution in [0.4, 0.5) is 5.82 Å². The van der Waals surface area contributed by atoms with Gasteiger partial charge in [0.25, 0.3) is 5.56 Å². The van der Waals surface area contributed by atoms with E-state index in [2.05, 4.69) is 20.8 Å². The Bertz CT molecular complexity index is 931. The molecule has 0 saturated carbocycles. The first-order valence-electron chi connectivity index (χ1n) is 8.19. The number of amides is 1. The topological polar surface area (TPSA) is 103 Å². The predicted octanol–water partition coefficient (Wildman–Crippen LogP) is 2.29. The highest BCUT2D eigenvalue weighted by Gasteiger charge is 2.07. The first kappa shape index (κ1) is 16.8. The van der Waals surface area contributed by atoms with Crippen LogP contribution in [0.25, 0.3) is 10.9 Å². The molecule has 3 aromatic rings. The number of aryl methyl sites for hydroxylation is 2. The third kappa shape index (κ3) is 4.28. The molecule has 3 rings (SSSR count). The van der Waals surface area contributed by atoms with E-state index in [1.54, 1.807) is 25.1 Å². The number of carbonyl (C=O) groups is 1. The van der Waals surface area contributed by atoms with Crippen LogP contribution in [0.3, 0.4) is 0 Å². The number of rotatable bonds is 7. The van der Waals surface area contributed by atoms with Crippen molar-refractivity contribution in [3.05, 3.63) is 46.4 Å². The van der Waals surface area contributed by atoms with Gasteiger partial charge in [0.1, 0.15) is 11.3 Å². The Morgan fingerprint density at radius 3 is 2.88 bits per heavy atom. The van der Waals surface area contributed by atoms with Crippen molar-refractivity contribution in [2.75, 3.05) is 5.32 Å². The monoisotopic (exact) mass is 341 g/mol. The second-order valence-corrected chi connectivity index (χ2v) is 5.82. The van der Waals surface area contributed by atoms with E-state index in [9.17, 15) is 9.59 Å². The van der Waals surface area contributed by atoms with Crippen LogP contribution in [0.5, 0.6) is 0 Å². The molecule has 130 valence electrons. The van der Waals surface area contributed by atoms with E-state index < -0.39 is 0 Å². The summed E-state index contributed by atoms with van der Waals surface area (Å²) in [5, 5.41) is 15.0. The summed E-state index contributed by atoms with van der Waals surface area (Å²) in [5.74, 6) is 0.980. The van der Waals surface area contributed by atoms with Crippen LogP contribution in [0, 0.1) is 6.92 Å². The second kappa shape index (κ2) is 7.69. The summed E-state index contributed by atoms with van der Waals surface area (Å²) >= 11 is 0. The number of benzene rings is 1. The molecule has 1 aromatic carbocycles. The maximum atomic E-state index is 12.3. The molecule has 2 heterocycles. The van der Waals surface area contributed by atoms with Crippen molar-refractivity contribution in [1.29, 1.82) is 0 Å². The van der Waals surface area contributed by atoms with Crippen LogP contribution in [0.15, 0.2) is 39.6 Å². The maximum Gasteiger partial charge on any atom is 0.277 e. The quantitative estimate of drug-likeness (QED) is 0.661. The lowest BCUT2D eigenvalue weighted by molar-refractivity contribution is -0.116. The number of aromatic nitrogens is 4. The minimum atomic E-state index is -0.134. The first-order valence-corrected chi connectivity index (χ1v) is 8.19. The van der Waals surface area contributed by atoms with Gasteiger partial charge in [-0.1, -0.05) is 28.9 Å². The van der Waals surface area contributed by atoms with Crippen molar-refractivity contribution in [3.8, 4) is 0 Å². The molecule has 2 aromatic heterocycles. The molecule has 1 N–H and O–H groups in total. The molecule has 0 aliphatic rings. The lowest BCUT2D eigenvalue weighted by atomic mass is 10.2. The van der Waals surface area contributed by atoms with E-state index in [-0.39, 0.29) is 11.5 Å². The van der Waals surface area contributed by atoms with Crippen LogP contribution >= 0.6 is 0 Å². The number of carbonyl (C=O) groups excluding carboxylic acids is 1. The lowest BCUT2D eigenvalue weighted by Gasteiger charge is -2.05. The van der Waals surface area contributed by atoms with Gasteiger partial charge in [-0.3, -0.25) is 9.59 Å². The second-order valence-electron chi connectivity index (χ2n) is 5.82. The molecule has 0 spiro atoms. The molecular weight excluding hydrogens is 322 g/mol. The SMILES string of the molecule is Cc1cc(NC(=O)CCCCCn2nnc3ccccc3c2=O)no1. The largest absolute Gasteiger partial charge is 0.360 e. The molecule has 0 aliphatic carbocycles. The van der Waals surface area contributed by atoms with Crippen molar-refractivity contribution in [1.82, 2.24) is 20.2 Å². The maximum absolute atomic E-state index is 12.3. The molecule has 0 aliphatic heterocycles. The predicted molar refractivity (Wildman–Crippen MR) is 92.1 cm³/mol. The van der Waals surface area contributed by atoms with Crippen molar-refractivity contribution in [2.45, 2.75) is 39.2 Å².